The standard InChI is InChI=1S/2C19H20ClN5O.C10H10ClN3.C9H11ClN2O.C5H9O.C4H2Cl2N2.CH2O3.CH4.2ClH.2Cs.HI.Zn.H/c2*20-14-1-2-15-16(9-14)24-18(23-15)13-10-25(11-13)19-17(21-5-6-22-19)12-3-7-26-8-4-12;11-7-1-2-8-9(3-7)14-10(13-8)6-4-12-5-6;10-9-8(11-3-4-12-9)7-1-5-13-6-2-7;1-2-4-6-5-3-1;5-3-4(6)8-2-1-7-3;2-1-4-3;;;;;;;;/h2*1-2,5-6,9,12-13H,3-4,7-8,10-11H2,(H,23,24);1-3,6,12H,4-5H2,(H,13,14);3-4,7H,1-2,5-6H2;1H,2-5H2;1-2H;1,3H;1H4;2*1H;;;1H;;/q;;;;-1;;;;;;2*+1;;+2;-1/p-2. The molecule has 3 aromatic carbocycles. The maximum atomic E-state index is 8.64. The van der Waals surface area contributed by atoms with E-state index in [4.69, 9.17) is 109 Å². The van der Waals surface area contributed by atoms with Crippen LogP contribution in [0.3, 0.4) is 0 Å². The van der Waals surface area contributed by atoms with Crippen molar-refractivity contribution in [2.75, 3.05) is 102 Å². The Kier molecular flexibility index (Phi) is 45.2. The van der Waals surface area contributed by atoms with Crippen molar-refractivity contribution in [3.63, 3.8) is 0 Å². The minimum absolute atomic E-state index is 0. The molecule has 0 aliphatic carbocycles. The number of nitrogens with one attached hydrogen (secondary N) is 4. The van der Waals surface area contributed by atoms with E-state index in [0.717, 1.165) is 238 Å². The summed E-state index contributed by atoms with van der Waals surface area (Å²) >= 11 is 38.4. The first-order valence-electron chi connectivity index (χ1n) is 32.5. The van der Waals surface area contributed by atoms with E-state index in [1.54, 1.807) is 37.2 Å². The normalized spacial score (nSPS) is 16.6. The zero-order chi connectivity index (χ0) is 69.3. The van der Waals surface area contributed by atoms with Crippen molar-refractivity contribution in [1.82, 2.24) is 75.1 Å². The fourth-order valence-corrected chi connectivity index (χ4v) is 12.9. The Balaban J connectivity index is 0.000000274. The fourth-order valence-electron chi connectivity index (χ4n) is 11.9. The number of hydrogen-bond donors (Lipinski definition) is 4. The molecule has 0 bridgehead atoms. The molecule has 546 valence electrons. The molecule has 7 aliphatic rings. The summed E-state index contributed by atoms with van der Waals surface area (Å²) in [6.07, 6.45) is 24.1. The Labute approximate surface area is 787 Å². The van der Waals surface area contributed by atoms with Crippen molar-refractivity contribution in [3.8, 4) is 0 Å². The van der Waals surface area contributed by atoms with Crippen molar-refractivity contribution in [1.29, 1.82) is 0 Å². The van der Waals surface area contributed by atoms with E-state index < -0.39 is 0 Å². The zero-order valence-corrected chi connectivity index (χ0v) is 80.7. The number of imidazole rings is 3. The molecule has 0 spiro atoms. The number of rotatable bonds is 9. The molecular weight excluding hydrogens is 1910 g/mol. The third-order valence-corrected chi connectivity index (χ3v) is 18.8. The van der Waals surface area contributed by atoms with Crippen LogP contribution in [0.2, 0.25) is 30.5 Å². The van der Waals surface area contributed by atoms with Crippen molar-refractivity contribution >= 4 is 165 Å². The number of aromatic amines is 3. The van der Waals surface area contributed by atoms with Gasteiger partial charge in [-0.25, -0.2) is 39.9 Å². The number of carbonyl (C=O) groups excluding carboxylic acids is 1. The third-order valence-electron chi connectivity index (χ3n) is 17.2. The molecule has 0 atom stereocenters. The van der Waals surface area contributed by atoms with Gasteiger partial charge in [0.2, 0.25) is 0 Å². The molecule has 7 aromatic heterocycles. The summed E-state index contributed by atoms with van der Waals surface area (Å²) in [5, 5.41) is 14.9. The van der Waals surface area contributed by atoms with E-state index in [2.05, 4.69) is 106 Å². The summed E-state index contributed by atoms with van der Waals surface area (Å²) in [6.45, 7) is 12.2. The topological polar surface area (TPSA) is 294 Å². The third kappa shape index (κ3) is 27.7. The number of H-pyrrole nitrogens is 3. The zero-order valence-electron chi connectivity index (χ0n) is 57.8. The Morgan fingerprint density at radius 2 is 0.779 bits per heavy atom. The second-order valence-electron chi connectivity index (χ2n) is 23.6. The average Bonchev–Trinajstić information content (AvgIpc) is 1.77. The van der Waals surface area contributed by atoms with Crippen LogP contribution < -0.4 is 158 Å². The van der Waals surface area contributed by atoms with Gasteiger partial charge in [0.1, 0.15) is 17.5 Å². The predicted molar refractivity (Wildman–Crippen MR) is 408 cm³/mol. The van der Waals surface area contributed by atoms with Gasteiger partial charge in [-0.1, -0.05) is 77.0 Å². The van der Waals surface area contributed by atoms with E-state index in [1.165, 1.54) is 27.2 Å². The number of halogens is 9. The number of carbonyl (C=O) groups is 1. The number of hydrogen-bond acceptors (Lipinski definition) is 21. The van der Waals surface area contributed by atoms with Gasteiger partial charge in [0.25, 0.3) is 6.47 Å². The summed E-state index contributed by atoms with van der Waals surface area (Å²) in [5.41, 5.74) is 9.09. The molecule has 17 rings (SSSR count). The van der Waals surface area contributed by atoms with Gasteiger partial charge in [0.15, 0.2) is 27.1 Å². The van der Waals surface area contributed by atoms with Crippen LogP contribution >= 0.6 is 114 Å². The van der Waals surface area contributed by atoms with Crippen LogP contribution in [0, 0.1) is 6.42 Å². The van der Waals surface area contributed by atoms with Crippen molar-refractivity contribution in [2.45, 2.75) is 94.3 Å². The van der Waals surface area contributed by atoms with Gasteiger partial charge < -0.3 is 67.0 Å². The number of benzene rings is 3. The molecule has 4 N–H and O–H groups in total. The number of anilines is 2. The number of aromatic nitrogens is 14. The summed E-state index contributed by atoms with van der Waals surface area (Å²) < 4.78 is 21.3. The van der Waals surface area contributed by atoms with Crippen LogP contribution in [0.1, 0.15) is 130 Å². The Morgan fingerprint density at radius 3 is 1.08 bits per heavy atom. The molecule has 14 heterocycles. The van der Waals surface area contributed by atoms with Gasteiger partial charge in [0, 0.05) is 180 Å². The minimum atomic E-state index is -0.181. The second-order valence-corrected chi connectivity index (χ2v) is 26.0. The van der Waals surface area contributed by atoms with Crippen LogP contribution in [0.5, 0.6) is 0 Å². The molecule has 7 saturated heterocycles. The summed E-state index contributed by atoms with van der Waals surface area (Å²) in [6, 6.07) is 17.3. The quantitative estimate of drug-likeness (QED) is 0.0262. The van der Waals surface area contributed by atoms with Crippen LogP contribution in [-0.2, 0) is 43.4 Å². The Hall–Kier alpha value is -1.00. The molecule has 36 heteroatoms. The van der Waals surface area contributed by atoms with Crippen LogP contribution in [-0.4, -0.2) is 168 Å². The van der Waals surface area contributed by atoms with Crippen LogP contribution in [0.15, 0.2) is 104 Å². The first-order chi connectivity index (χ1) is 48.5. The van der Waals surface area contributed by atoms with Gasteiger partial charge in [-0.05, 0) is 93.1 Å². The average molecular weight is 1990 g/mol. The molecule has 24 nitrogen and oxygen atoms in total. The van der Waals surface area contributed by atoms with Crippen LogP contribution in [0.4, 0.5) is 11.6 Å². The predicted octanol–water partition coefficient (Wildman–Crippen LogP) is 8.64. The molecule has 0 amide bonds. The molecule has 0 saturated carbocycles. The van der Waals surface area contributed by atoms with Gasteiger partial charge in [-0.3, -0.25) is 19.7 Å². The fraction of sp³-hybridized carbons (Fsp3) is 0.426. The molecule has 7 fully saturated rings. The van der Waals surface area contributed by atoms with Crippen molar-refractivity contribution in [2.24, 2.45) is 0 Å². The number of fused-ring (bicyclic) bond motifs is 3. The van der Waals surface area contributed by atoms with E-state index >= 15 is 0 Å². The monoisotopic (exact) mass is 1980 g/mol. The van der Waals surface area contributed by atoms with E-state index in [0.29, 0.717) is 40.7 Å². The van der Waals surface area contributed by atoms with Gasteiger partial charge in [0.05, 0.1) is 62.0 Å². The summed E-state index contributed by atoms with van der Waals surface area (Å²) in [5.74, 6) is 7.78. The summed E-state index contributed by atoms with van der Waals surface area (Å²) in [7, 11) is 0. The summed E-state index contributed by atoms with van der Waals surface area (Å²) in [4.78, 5) is 74.1. The molecule has 0 unspecified atom stereocenters. The number of nitrogens with zero attached hydrogens (tertiary/aromatic N) is 13. The van der Waals surface area contributed by atoms with E-state index in [1.807, 2.05) is 54.6 Å². The molecular formula is C68H80Cl8Cs2IN17O7Zn. The SMILES string of the molecule is C.Cl.Cl.Clc1ccc2nc(C3CN(c4nccnc4C4CCOCC4)C3)[nH]c2c1.Clc1ccc2nc(C3CN(c4nccnc4C4CCOCC4)C3)[nH]c2c1.Clc1ccc2nc(C3CNC3)[nH]c2c1.Clc1nccnc1C1CCOCC1.Clc1nccnc1Cl.O=CO[O-].[CH-]1CCOCC1.[Cs+].[Cs+].[H-].[Zn+][I]. The van der Waals surface area contributed by atoms with Gasteiger partial charge in [-0.15, -0.1) is 24.8 Å². The van der Waals surface area contributed by atoms with Crippen LogP contribution in [0.25, 0.3) is 33.1 Å². The Morgan fingerprint density at radius 1 is 0.471 bits per heavy atom. The molecule has 0 radical (unpaired) electrons. The van der Waals surface area contributed by atoms with Gasteiger partial charge in [-0.2, -0.15) is 12.8 Å². The molecule has 7 aliphatic heterocycles. The number of ether oxygens (including phenoxy) is 4. The maximum absolute atomic E-state index is 8.64. The van der Waals surface area contributed by atoms with E-state index in [-0.39, 0.29) is 188 Å². The first kappa shape index (κ1) is 93.6. The second kappa shape index (κ2) is 50.2. The van der Waals surface area contributed by atoms with Gasteiger partial charge >= 0.3 is 172 Å². The molecule has 10 aromatic rings. The van der Waals surface area contributed by atoms with Crippen molar-refractivity contribution < 1.29 is 188 Å². The Bertz CT molecular complexity index is 3960. The van der Waals surface area contributed by atoms with E-state index in [9.17, 15) is 0 Å². The first-order valence-corrected chi connectivity index (χ1v) is 43.8. The molecule has 104 heavy (non-hydrogen) atoms. The van der Waals surface area contributed by atoms with Crippen molar-refractivity contribution in [3.05, 3.63) is 176 Å².